The van der Waals surface area contributed by atoms with Crippen LogP contribution in [0.25, 0.3) is 5.69 Å². The molecule has 0 fully saturated rings. The third-order valence-electron chi connectivity index (χ3n) is 2.09. The van der Waals surface area contributed by atoms with E-state index in [1.54, 1.807) is 30.3 Å². The van der Waals surface area contributed by atoms with Gasteiger partial charge in [-0.2, -0.15) is 5.10 Å². The summed E-state index contributed by atoms with van der Waals surface area (Å²) < 4.78 is 25.8. The van der Waals surface area contributed by atoms with Crippen LogP contribution in [0.2, 0.25) is 0 Å². The summed E-state index contributed by atoms with van der Waals surface area (Å²) in [6, 6.07) is 9.94. The highest BCUT2D eigenvalue weighted by Crippen LogP contribution is 2.13. The van der Waals surface area contributed by atoms with Crippen LogP contribution in [-0.4, -0.2) is 22.0 Å². The van der Waals surface area contributed by atoms with Crippen LogP contribution in [0.1, 0.15) is 10.5 Å². The number of rotatable bonds is 3. The van der Waals surface area contributed by atoms with Crippen molar-refractivity contribution < 1.29 is 13.6 Å². The molecule has 0 aliphatic rings. The molecule has 2 rings (SSSR count). The highest BCUT2D eigenvalue weighted by molar-refractivity contribution is 5.97. The van der Waals surface area contributed by atoms with Gasteiger partial charge in [0.2, 0.25) is 5.78 Å². The van der Waals surface area contributed by atoms with Crippen molar-refractivity contribution in [2.45, 2.75) is 6.43 Å². The Bertz CT molecular complexity index is 494. The predicted molar refractivity (Wildman–Crippen MR) is 53.9 cm³/mol. The van der Waals surface area contributed by atoms with Crippen molar-refractivity contribution in [2.24, 2.45) is 0 Å². The summed E-state index contributed by atoms with van der Waals surface area (Å²) in [5.74, 6) is -1.22. The Morgan fingerprint density at radius 1 is 1.19 bits per heavy atom. The third kappa shape index (κ3) is 1.84. The molecule has 1 aromatic carbocycles. The molecule has 2 aromatic rings. The van der Waals surface area contributed by atoms with Crippen molar-refractivity contribution >= 4 is 5.78 Å². The first-order chi connectivity index (χ1) is 7.70. The molecule has 16 heavy (non-hydrogen) atoms. The number of carbonyl (C=O) groups is 1. The van der Waals surface area contributed by atoms with E-state index in [9.17, 15) is 13.6 Å². The predicted octanol–water partition coefficient (Wildman–Crippen LogP) is 2.32. The van der Waals surface area contributed by atoms with Gasteiger partial charge in [0, 0.05) is 0 Å². The molecule has 0 radical (unpaired) electrons. The van der Waals surface area contributed by atoms with Gasteiger partial charge in [0.05, 0.1) is 11.9 Å². The SMILES string of the molecule is O=C(c1ccnn1-c1ccccc1)C(F)F. The number of alkyl halides is 2. The zero-order chi connectivity index (χ0) is 11.5. The third-order valence-corrected chi connectivity index (χ3v) is 2.09. The smallest absolute Gasteiger partial charge is 0.286 e. The summed E-state index contributed by atoms with van der Waals surface area (Å²) >= 11 is 0. The number of aromatic nitrogens is 2. The summed E-state index contributed by atoms with van der Waals surface area (Å²) in [5.41, 5.74) is 0.470. The molecule has 0 saturated carbocycles. The summed E-state index contributed by atoms with van der Waals surface area (Å²) in [6.07, 6.45) is -1.69. The average Bonchev–Trinajstić information content (AvgIpc) is 2.77. The van der Waals surface area contributed by atoms with Crippen molar-refractivity contribution in [3.63, 3.8) is 0 Å². The molecule has 0 spiro atoms. The monoisotopic (exact) mass is 222 g/mol. The highest BCUT2D eigenvalue weighted by atomic mass is 19.3. The van der Waals surface area contributed by atoms with E-state index in [-0.39, 0.29) is 5.69 Å². The quantitative estimate of drug-likeness (QED) is 0.747. The maximum Gasteiger partial charge on any atom is 0.302 e. The van der Waals surface area contributed by atoms with E-state index in [2.05, 4.69) is 5.10 Å². The van der Waals surface area contributed by atoms with Gasteiger partial charge in [-0.3, -0.25) is 4.79 Å². The molecular formula is C11H8F2N2O. The van der Waals surface area contributed by atoms with Crippen molar-refractivity contribution in [2.75, 3.05) is 0 Å². The van der Waals surface area contributed by atoms with Gasteiger partial charge in [-0.15, -0.1) is 0 Å². The van der Waals surface area contributed by atoms with E-state index >= 15 is 0 Å². The van der Waals surface area contributed by atoms with Crippen LogP contribution in [0.15, 0.2) is 42.6 Å². The zero-order valence-electron chi connectivity index (χ0n) is 8.18. The van der Waals surface area contributed by atoms with Gasteiger partial charge in [-0.05, 0) is 18.2 Å². The molecule has 0 saturated heterocycles. The summed E-state index contributed by atoms with van der Waals surface area (Å²) in [4.78, 5) is 11.2. The topological polar surface area (TPSA) is 34.9 Å². The van der Waals surface area contributed by atoms with E-state index < -0.39 is 12.2 Å². The van der Waals surface area contributed by atoms with Gasteiger partial charge in [0.25, 0.3) is 0 Å². The molecule has 0 N–H and O–H groups in total. The molecule has 0 atom stereocenters. The Morgan fingerprint density at radius 3 is 2.50 bits per heavy atom. The second-order valence-electron chi connectivity index (χ2n) is 3.13. The van der Waals surface area contributed by atoms with Crippen LogP contribution in [0.4, 0.5) is 8.78 Å². The lowest BCUT2D eigenvalue weighted by molar-refractivity contribution is 0.0670. The van der Waals surface area contributed by atoms with Gasteiger partial charge >= 0.3 is 6.43 Å². The van der Waals surface area contributed by atoms with Crippen molar-refractivity contribution in [1.29, 1.82) is 0 Å². The van der Waals surface area contributed by atoms with Crippen molar-refractivity contribution in [1.82, 2.24) is 9.78 Å². The minimum absolute atomic E-state index is 0.110. The molecule has 0 unspecified atom stereocenters. The Balaban J connectivity index is 2.45. The van der Waals surface area contributed by atoms with Crippen LogP contribution in [0.3, 0.4) is 0 Å². The molecule has 0 amide bonds. The van der Waals surface area contributed by atoms with E-state index in [0.717, 1.165) is 0 Å². The van der Waals surface area contributed by atoms with Crippen LogP contribution in [-0.2, 0) is 0 Å². The minimum atomic E-state index is -3.01. The zero-order valence-corrected chi connectivity index (χ0v) is 8.18. The fourth-order valence-electron chi connectivity index (χ4n) is 1.38. The summed E-state index contributed by atoms with van der Waals surface area (Å²) in [5, 5.41) is 3.85. The molecule has 0 aliphatic carbocycles. The number of carbonyl (C=O) groups excluding carboxylic acids is 1. The maximum atomic E-state index is 12.3. The number of hydrogen-bond donors (Lipinski definition) is 0. The number of hydrogen-bond acceptors (Lipinski definition) is 2. The first kappa shape index (κ1) is 10.5. The second-order valence-corrected chi connectivity index (χ2v) is 3.13. The van der Waals surface area contributed by atoms with E-state index in [4.69, 9.17) is 0 Å². The Morgan fingerprint density at radius 2 is 1.88 bits per heavy atom. The van der Waals surface area contributed by atoms with Crippen molar-refractivity contribution in [3.05, 3.63) is 48.3 Å². The number of ketones is 1. The Labute approximate surface area is 90.3 Å². The largest absolute Gasteiger partial charge is 0.302 e. The van der Waals surface area contributed by atoms with Crippen molar-refractivity contribution in [3.8, 4) is 5.69 Å². The minimum Gasteiger partial charge on any atom is -0.286 e. The lowest BCUT2D eigenvalue weighted by Crippen LogP contribution is -2.15. The van der Waals surface area contributed by atoms with Gasteiger partial charge in [0.15, 0.2) is 0 Å². The lowest BCUT2D eigenvalue weighted by atomic mass is 10.2. The molecular weight excluding hydrogens is 214 g/mol. The van der Waals surface area contributed by atoms with E-state index in [0.29, 0.717) is 5.69 Å². The van der Waals surface area contributed by atoms with E-state index in [1.807, 2.05) is 0 Å². The maximum absolute atomic E-state index is 12.3. The van der Waals surface area contributed by atoms with Gasteiger partial charge in [0.1, 0.15) is 5.69 Å². The number of para-hydroxylation sites is 1. The molecule has 0 aliphatic heterocycles. The van der Waals surface area contributed by atoms with Crippen LogP contribution in [0.5, 0.6) is 0 Å². The fraction of sp³-hybridized carbons (Fsp3) is 0.0909. The van der Waals surface area contributed by atoms with Crippen LogP contribution >= 0.6 is 0 Å². The summed E-state index contributed by atoms with van der Waals surface area (Å²) in [7, 11) is 0. The standard InChI is InChI=1S/C11H8F2N2O/c12-11(13)10(16)9-6-7-14-15(9)8-4-2-1-3-5-8/h1-7,11H. The first-order valence-corrected chi connectivity index (χ1v) is 4.62. The first-order valence-electron chi connectivity index (χ1n) is 4.62. The van der Waals surface area contributed by atoms with Gasteiger partial charge in [-0.25, -0.2) is 13.5 Å². The molecule has 0 bridgehead atoms. The number of Topliss-reactive ketones (excluding diaryl/α,β-unsaturated/α-hetero) is 1. The molecule has 82 valence electrons. The number of benzene rings is 1. The fourth-order valence-corrected chi connectivity index (χ4v) is 1.38. The Kier molecular flexibility index (Phi) is 2.76. The number of halogens is 2. The normalized spacial score (nSPS) is 10.7. The van der Waals surface area contributed by atoms with Gasteiger partial charge < -0.3 is 0 Å². The van der Waals surface area contributed by atoms with Gasteiger partial charge in [-0.1, -0.05) is 18.2 Å². The summed E-state index contributed by atoms with van der Waals surface area (Å²) in [6.45, 7) is 0. The highest BCUT2D eigenvalue weighted by Gasteiger charge is 2.22. The van der Waals surface area contributed by atoms with E-state index in [1.165, 1.54) is 16.9 Å². The van der Waals surface area contributed by atoms with Crippen LogP contribution < -0.4 is 0 Å². The average molecular weight is 222 g/mol. The van der Waals surface area contributed by atoms with Crippen LogP contribution in [0, 0.1) is 0 Å². The number of nitrogens with zero attached hydrogens (tertiary/aromatic N) is 2. The lowest BCUT2D eigenvalue weighted by Gasteiger charge is -2.05. The molecule has 5 heteroatoms. The molecule has 3 nitrogen and oxygen atoms in total. The molecule has 1 heterocycles. The Hall–Kier alpha value is -2.04. The molecule has 1 aromatic heterocycles. The second kappa shape index (κ2) is 4.22.